The summed E-state index contributed by atoms with van der Waals surface area (Å²) < 4.78 is 28.8. The van der Waals surface area contributed by atoms with E-state index in [0.717, 1.165) is 70.6 Å². The molecule has 1 aliphatic heterocycles. The van der Waals surface area contributed by atoms with E-state index in [0.29, 0.717) is 11.3 Å². The van der Waals surface area contributed by atoms with Gasteiger partial charge in [0.05, 0.1) is 0 Å². The largest absolute Gasteiger partial charge is 0.458 e. The Labute approximate surface area is 155 Å². The molecule has 0 bridgehead atoms. The number of carbonyl (C=O) groups excluding carboxylic acids is 2. The van der Waals surface area contributed by atoms with Gasteiger partial charge < -0.3 is 15.4 Å². The molecule has 6 heteroatoms. The highest BCUT2D eigenvalue weighted by Gasteiger charge is 2.37. The lowest BCUT2D eigenvalue weighted by Crippen LogP contribution is -2.42. The van der Waals surface area contributed by atoms with Crippen molar-refractivity contribution in [2.24, 2.45) is 10.7 Å². The fraction of sp³-hybridized carbons (Fsp3) is 0.842. The molecular weight excluding hydrogens is 318 g/mol. The van der Waals surface area contributed by atoms with Gasteiger partial charge in [-0.25, -0.2) is 0 Å². The number of ether oxygens (including phenoxy) is 1. The lowest BCUT2D eigenvalue weighted by Gasteiger charge is -2.30. The molecule has 1 amide bonds. The van der Waals surface area contributed by atoms with Crippen molar-refractivity contribution in [1.29, 1.82) is 0 Å². The van der Waals surface area contributed by atoms with Crippen LogP contribution in [0.4, 0.5) is 0 Å². The van der Waals surface area contributed by atoms with Crippen LogP contribution in [0.1, 0.15) is 87.6 Å². The maximum atomic E-state index is 12.6. The van der Waals surface area contributed by atoms with Crippen LogP contribution in [-0.4, -0.2) is 41.9 Å². The van der Waals surface area contributed by atoms with E-state index in [1.807, 2.05) is 0 Å². The molecule has 2 rings (SSSR count). The molecule has 142 valence electrons. The first-order valence-corrected chi connectivity index (χ1v) is 9.58. The topological polar surface area (TPSA) is 85.0 Å². The number of nitrogens with two attached hydrogens (primary N) is 1. The van der Waals surface area contributed by atoms with Crippen molar-refractivity contribution in [1.82, 2.24) is 4.90 Å². The minimum Gasteiger partial charge on any atom is -0.458 e. The predicted octanol–water partition coefficient (Wildman–Crippen LogP) is 3.14. The third-order valence-electron chi connectivity index (χ3n) is 5.17. The lowest BCUT2D eigenvalue weighted by molar-refractivity contribution is -0.160. The number of amides is 1. The van der Waals surface area contributed by atoms with E-state index in [4.69, 9.17) is 14.6 Å². The van der Waals surface area contributed by atoms with Gasteiger partial charge in [-0.1, -0.05) is 32.1 Å². The molecule has 0 aromatic rings. The summed E-state index contributed by atoms with van der Waals surface area (Å²) in [5.41, 5.74) is 5.29. The van der Waals surface area contributed by atoms with E-state index in [-0.39, 0.29) is 6.42 Å². The van der Waals surface area contributed by atoms with Crippen molar-refractivity contribution in [2.75, 3.05) is 13.5 Å². The third-order valence-corrected chi connectivity index (χ3v) is 5.17. The molecule has 0 unspecified atom stereocenters. The second-order valence-electron chi connectivity index (χ2n) is 7.29. The molecule has 0 saturated heterocycles. The molecule has 0 atom stereocenters. The molecule has 1 saturated carbocycles. The summed E-state index contributed by atoms with van der Waals surface area (Å²) >= 11 is 0. The maximum absolute atomic E-state index is 12.6. The molecule has 25 heavy (non-hydrogen) atoms. The Hall–Kier alpha value is -1.59. The maximum Gasteiger partial charge on any atom is 0.326 e. The van der Waals surface area contributed by atoms with Crippen LogP contribution in [0.5, 0.6) is 0 Å². The second kappa shape index (κ2) is 9.78. The highest BCUT2D eigenvalue weighted by Crippen LogP contribution is 2.37. The first-order valence-electron chi connectivity index (χ1n) is 11.1. The number of nitrogens with zero attached hydrogens (tertiary/aromatic N) is 2. The van der Waals surface area contributed by atoms with Gasteiger partial charge in [0.2, 0.25) is 5.91 Å². The van der Waals surface area contributed by atoms with Crippen LogP contribution in [0.25, 0.3) is 0 Å². The van der Waals surface area contributed by atoms with Crippen LogP contribution in [0.15, 0.2) is 4.99 Å². The second-order valence-corrected chi connectivity index (χ2v) is 7.29. The average molecular weight is 355 g/mol. The Morgan fingerprint density at radius 1 is 1.00 bits per heavy atom. The standard InChI is InChI=1S/C19H33N3O3/c1-22-15-17(24)25-19(13-9-10-14-19)12-8-6-4-2-3-5-7-11-16(23)21-18(22)20/h2-15H2,1H3,(H2,20,21,23)/i1D3. The normalized spacial score (nSPS) is 27.0. The van der Waals surface area contributed by atoms with Gasteiger partial charge in [0.1, 0.15) is 12.1 Å². The van der Waals surface area contributed by atoms with Crippen LogP contribution in [0.3, 0.4) is 0 Å². The first-order chi connectivity index (χ1) is 13.2. The predicted molar refractivity (Wildman–Crippen MR) is 98.1 cm³/mol. The Balaban J connectivity index is 2.17. The molecule has 0 radical (unpaired) electrons. The third kappa shape index (κ3) is 6.67. The summed E-state index contributed by atoms with van der Waals surface area (Å²) in [5.74, 6) is -1.55. The number of hydrogen-bond acceptors (Lipinski definition) is 5. The van der Waals surface area contributed by atoms with Crippen LogP contribution >= 0.6 is 0 Å². The van der Waals surface area contributed by atoms with Crippen LogP contribution in [0, 0.1) is 0 Å². The number of likely N-dealkylation sites (N-methyl/N-ethyl adjacent to an activating group) is 1. The monoisotopic (exact) mass is 354 g/mol. The molecule has 1 heterocycles. The number of esters is 1. The zero-order valence-electron chi connectivity index (χ0n) is 18.1. The fourth-order valence-corrected chi connectivity index (χ4v) is 3.76. The SMILES string of the molecule is [2H]C([2H])([2H])N1CC(=O)OC2(CCCCCCCCCC(=O)N=C1N)CCCC2. The lowest BCUT2D eigenvalue weighted by atomic mass is 9.93. The van der Waals surface area contributed by atoms with Crippen molar-refractivity contribution in [2.45, 2.75) is 89.1 Å². The quantitative estimate of drug-likeness (QED) is 0.676. The molecule has 2 aliphatic rings. The van der Waals surface area contributed by atoms with Gasteiger partial charge in [0, 0.05) is 17.5 Å². The molecule has 6 nitrogen and oxygen atoms in total. The summed E-state index contributed by atoms with van der Waals surface area (Å²) in [7, 11) is 0. The number of guanidine groups is 1. The summed E-state index contributed by atoms with van der Waals surface area (Å²) in [6.07, 6.45) is 11.7. The van der Waals surface area contributed by atoms with E-state index in [1.165, 1.54) is 0 Å². The highest BCUT2D eigenvalue weighted by molar-refractivity contribution is 5.93. The average Bonchev–Trinajstić information content (AvgIpc) is 3.04. The zero-order valence-corrected chi connectivity index (χ0v) is 15.1. The molecule has 0 aromatic heterocycles. The summed E-state index contributed by atoms with van der Waals surface area (Å²) in [6, 6.07) is 0. The van der Waals surface area contributed by atoms with E-state index in [2.05, 4.69) is 4.99 Å². The number of hydrogen-bond donors (Lipinski definition) is 1. The minimum absolute atomic E-state index is 0.225. The Kier molecular flexibility index (Phi) is 6.12. The van der Waals surface area contributed by atoms with Gasteiger partial charge in [-0.3, -0.25) is 9.59 Å². The summed E-state index contributed by atoms with van der Waals surface area (Å²) in [4.78, 5) is 29.0. The first kappa shape index (κ1) is 15.6. The van der Waals surface area contributed by atoms with Crippen LogP contribution in [-0.2, 0) is 14.3 Å². The number of rotatable bonds is 0. The summed E-state index contributed by atoms with van der Waals surface area (Å²) in [5, 5.41) is 0. The number of carbonyl (C=O) groups is 2. The Morgan fingerprint density at radius 2 is 1.56 bits per heavy atom. The van der Waals surface area contributed by atoms with E-state index < -0.39 is 37.0 Å². The van der Waals surface area contributed by atoms with Crippen molar-refractivity contribution in [3.63, 3.8) is 0 Å². The van der Waals surface area contributed by atoms with Gasteiger partial charge in [-0.2, -0.15) is 4.99 Å². The molecular formula is C19H33N3O3. The van der Waals surface area contributed by atoms with Crippen molar-refractivity contribution in [3.05, 3.63) is 0 Å². The van der Waals surface area contributed by atoms with Crippen LogP contribution < -0.4 is 5.73 Å². The van der Waals surface area contributed by atoms with E-state index in [9.17, 15) is 9.59 Å². The Morgan fingerprint density at radius 3 is 2.20 bits per heavy atom. The van der Waals surface area contributed by atoms with Gasteiger partial charge >= 0.3 is 5.97 Å². The molecule has 1 fully saturated rings. The van der Waals surface area contributed by atoms with Crippen molar-refractivity contribution >= 4 is 17.8 Å². The van der Waals surface area contributed by atoms with Gasteiger partial charge in [-0.15, -0.1) is 0 Å². The van der Waals surface area contributed by atoms with Crippen LogP contribution in [0.2, 0.25) is 0 Å². The summed E-state index contributed by atoms with van der Waals surface area (Å²) in [6.45, 7) is -3.22. The number of aliphatic imine (C=N–C) groups is 1. The molecule has 2 N–H and O–H groups in total. The highest BCUT2D eigenvalue weighted by atomic mass is 16.6. The fourth-order valence-electron chi connectivity index (χ4n) is 3.76. The van der Waals surface area contributed by atoms with E-state index >= 15 is 0 Å². The van der Waals surface area contributed by atoms with Crippen molar-refractivity contribution < 1.29 is 18.4 Å². The van der Waals surface area contributed by atoms with Gasteiger partial charge in [0.15, 0.2) is 5.96 Å². The van der Waals surface area contributed by atoms with Crippen molar-refractivity contribution in [3.8, 4) is 0 Å². The minimum atomic E-state index is -2.68. The smallest absolute Gasteiger partial charge is 0.326 e. The molecule has 1 aliphatic carbocycles. The van der Waals surface area contributed by atoms with Gasteiger partial charge in [-0.05, 0) is 44.9 Å². The Bertz CT molecular complexity index is 573. The molecule has 1 spiro atoms. The molecule has 0 aromatic carbocycles. The zero-order chi connectivity index (χ0) is 20.6. The van der Waals surface area contributed by atoms with Gasteiger partial charge in [0.25, 0.3) is 0 Å². The van der Waals surface area contributed by atoms with E-state index in [1.54, 1.807) is 0 Å².